The van der Waals surface area contributed by atoms with E-state index in [-0.39, 0.29) is 29.0 Å². The van der Waals surface area contributed by atoms with Gasteiger partial charge in [-0.1, -0.05) is 13.0 Å². The summed E-state index contributed by atoms with van der Waals surface area (Å²) in [5.41, 5.74) is -1.24. The van der Waals surface area contributed by atoms with Crippen molar-refractivity contribution in [2.24, 2.45) is 11.3 Å². The van der Waals surface area contributed by atoms with Crippen molar-refractivity contribution in [2.75, 3.05) is 7.05 Å². The lowest BCUT2D eigenvalue weighted by Gasteiger charge is -2.74. The molecule has 3 aliphatic carbocycles. The highest BCUT2D eigenvalue weighted by Crippen LogP contribution is 2.72. The number of aromatic nitrogens is 3. The van der Waals surface area contributed by atoms with E-state index in [1.165, 1.54) is 29.5 Å². The predicted octanol–water partition coefficient (Wildman–Crippen LogP) is 2.22. The second-order valence-electron chi connectivity index (χ2n) is 7.79. The van der Waals surface area contributed by atoms with Gasteiger partial charge in [-0.2, -0.15) is 5.10 Å². The van der Waals surface area contributed by atoms with Crippen molar-refractivity contribution in [1.29, 1.82) is 0 Å². The van der Waals surface area contributed by atoms with E-state index in [0.29, 0.717) is 0 Å². The first kappa shape index (κ1) is 16.6. The summed E-state index contributed by atoms with van der Waals surface area (Å²) in [4.78, 5) is 3.90. The van der Waals surface area contributed by atoms with Gasteiger partial charge in [0, 0.05) is 17.2 Å². The van der Waals surface area contributed by atoms with Crippen molar-refractivity contribution in [3.63, 3.8) is 0 Å². The van der Waals surface area contributed by atoms with Crippen LogP contribution in [0.3, 0.4) is 0 Å². The molecule has 5 nitrogen and oxygen atoms in total. The highest BCUT2D eigenvalue weighted by molar-refractivity contribution is 5.31. The fourth-order valence-electron chi connectivity index (χ4n) is 4.95. The first-order valence-corrected chi connectivity index (χ1v) is 8.52. The Labute approximate surface area is 145 Å². The lowest BCUT2D eigenvalue weighted by Crippen LogP contribution is -2.76. The molecule has 1 aromatic carbocycles. The molecule has 2 bridgehead atoms. The van der Waals surface area contributed by atoms with E-state index in [1.807, 2.05) is 14.0 Å². The molecule has 5 rings (SSSR count). The summed E-state index contributed by atoms with van der Waals surface area (Å²) < 4.78 is 29.4. The van der Waals surface area contributed by atoms with E-state index in [4.69, 9.17) is 0 Å². The summed E-state index contributed by atoms with van der Waals surface area (Å²) in [5, 5.41) is 19.0. The summed E-state index contributed by atoms with van der Waals surface area (Å²) in [5.74, 6) is -1.60. The van der Waals surface area contributed by atoms with Crippen LogP contribution in [0.5, 0.6) is 0 Å². The van der Waals surface area contributed by atoms with Crippen molar-refractivity contribution < 1.29 is 13.9 Å². The number of benzene rings is 1. The van der Waals surface area contributed by atoms with Crippen molar-refractivity contribution in [3.8, 4) is 0 Å². The fraction of sp³-hybridized carbons (Fsp3) is 0.556. The van der Waals surface area contributed by atoms with E-state index in [0.717, 1.165) is 25.3 Å². The van der Waals surface area contributed by atoms with Crippen molar-refractivity contribution in [3.05, 3.63) is 48.1 Å². The summed E-state index contributed by atoms with van der Waals surface area (Å²) in [6.07, 6.45) is 5.75. The lowest BCUT2D eigenvalue weighted by molar-refractivity contribution is -0.234. The first-order valence-electron chi connectivity index (χ1n) is 8.52. The molecule has 2 N–H and O–H groups in total. The maximum atomic E-state index is 14.5. The number of hydrogen-bond donors (Lipinski definition) is 2. The summed E-state index contributed by atoms with van der Waals surface area (Å²) in [6.45, 7) is 2.03. The molecule has 2 aromatic rings. The monoisotopic (exact) mass is 348 g/mol. The van der Waals surface area contributed by atoms with Crippen LogP contribution in [0.4, 0.5) is 8.78 Å². The van der Waals surface area contributed by atoms with Crippen molar-refractivity contribution in [2.45, 2.75) is 43.9 Å². The zero-order valence-corrected chi connectivity index (χ0v) is 14.3. The topological polar surface area (TPSA) is 63.0 Å². The highest BCUT2D eigenvalue weighted by Gasteiger charge is 2.71. The van der Waals surface area contributed by atoms with E-state index in [2.05, 4.69) is 15.4 Å². The first-order chi connectivity index (χ1) is 11.8. The zero-order valence-electron chi connectivity index (χ0n) is 14.3. The van der Waals surface area contributed by atoms with Crippen LogP contribution < -0.4 is 5.32 Å². The minimum atomic E-state index is -1.49. The van der Waals surface area contributed by atoms with Gasteiger partial charge in [0.15, 0.2) is 0 Å². The maximum Gasteiger partial charge on any atom is 0.137 e. The molecule has 0 radical (unpaired) electrons. The average Bonchev–Trinajstić information content (AvgIpc) is 2.97. The number of hydrogen-bond acceptors (Lipinski definition) is 4. The molecule has 7 heteroatoms. The molecule has 0 amide bonds. The van der Waals surface area contributed by atoms with Gasteiger partial charge in [-0.3, -0.25) is 0 Å². The molecule has 3 aliphatic rings. The highest BCUT2D eigenvalue weighted by atomic mass is 19.1. The Morgan fingerprint density at radius 2 is 2.08 bits per heavy atom. The molecule has 3 saturated carbocycles. The Morgan fingerprint density at radius 1 is 1.36 bits per heavy atom. The standard InChI is InChI=1S/C18H22F2N4O/c1-12(16-6-17(7-16,8-16)21-2)18(25,9-24-11-22-10-23-24)14-4-3-13(19)5-15(14)20/h3-5,10-12,21,25H,6-9H2,1-2H3. The molecule has 3 fully saturated rings. The number of rotatable bonds is 6. The summed E-state index contributed by atoms with van der Waals surface area (Å²) >= 11 is 0. The van der Waals surface area contributed by atoms with Gasteiger partial charge >= 0.3 is 0 Å². The molecule has 25 heavy (non-hydrogen) atoms. The summed E-state index contributed by atoms with van der Waals surface area (Å²) in [7, 11) is 1.95. The van der Waals surface area contributed by atoms with Gasteiger partial charge in [0.1, 0.15) is 29.9 Å². The van der Waals surface area contributed by atoms with Crippen LogP contribution in [0.2, 0.25) is 0 Å². The Morgan fingerprint density at radius 3 is 2.64 bits per heavy atom. The lowest BCUT2D eigenvalue weighted by atomic mass is 9.34. The second-order valence-corrected chi connectivity index (χ2v) is 7.79. The molecule has 2 unspecified atom stereocenters. The number of nitrogens with one attached hydrogen (secondary N) is 1. The molecular formula is C18H22F2N4O. The SMILES string of the molecule is CNC12CC(C(C)C(O)(Cn3cncn3)c3ccc(F)cc3F)(C1)C2. The number of nitrogens with zero attached hydrogens (tertiary/aromatic N) is 3. The van der Waals surface area contributed by atoms with Crippen molar-refractivity contribution >= 4 is 0 Å². The smallest absolute Gasteiger partial charge is 0.137 e. The third kappa shape index (κ3) is 2.33. The van der Waals surface area contributed by atoms with E-state index < -0.39 is 17.2 Å². The molecule has 134 valence electrons. The Balaban J connectivity index is 1.71. The quantitative estimate of drug-likeness (QED) is 0.840. The molecule has 0 spiro atoms. The number of aliphatic hydroxyl groups is 1. The molecule has 0 aliphatic heterocycles. The van der Waals surface area contributed by atoms with Crippen molar-refractivity contribution in [1.82, 2.24) is 20.1 Å². The second kappa shape index (κ2) is 5.32. The van der Waals surface area contributed by atoms with Crippen LogP contribution in [0, 0.1) is 23.0 Å². The summed E-state index contributed by atoms with van der Waals surface area (Å²) in [6, 6.07) is 3.36. The number of halogens is 2. The largest absolute Gasteiger partial charge is 0.383 e. The van der Waals surface area contributed by atoms with E-state index in [1.54, 1.807) is 0 Å². The van der Waals surface area contributed by atoms with Gasteiger partial charge in [-0.25, -0.2) is 18.4 Å². The Bertz CT molecular complexity index is 775. The van der Waals surface area contributed by atoms with Gasteiger partial charge < -0.3 is 10.4 Å². The van der Waals surface area contributed by atoms with Crippen LogP contribution in [0.15, 0.2) is 30.9 Å². The van der Waals surface area contributed by atoms with Crippen LogP contribution in [0.25, 0.3) is 0 Å². The minimum absolute atomic E-state index is 0.0286. The van der Waals surface area contributed by atoms with Gasteiger partial charge in [0.2, 0.25) is 0 Å². The van der Waals surface area contributed by atoms with E-state index in [9.17, 15) is 13.9 Å². The molecule has 2 atom stereocenters. The molecule has 1 heterocycles. The van der Waals surface area contributed by atoms with Gasteiger partial charge in [-0.05, 0) is 43.7 Å². The third-order valence-corrected chi connectivity index (χ3v) is 6.50. The molecule has 0 saturated heterocycles. The van der Waals surface area contributed by atoms with Crippen LogP contribution >= 0.6 is 0 Å². The van der Waals surface area contributed by atoms with Gasteiger partial charge in [0.05, 0.1) is 6.54 Å². The molecular weight excluding hydrogens is 326 g/mol. The van der Waals surface area contributed by atoms with Crippen LogP contribution in [-0.4, -0.2) is 32.5 Å². The van der Waals surface area contributed by atoms with E-state index >= 15 is 0 Å². The Kier molecular flexibility index (Phi) is 3.53. The minimum Gasteiger partial charge on any atom is -0.383 e. The van der Waals surface area contributed by atoms with Crippen LogP contribution in [0.1, 0.15) is 31.7 Å². The van der Waals surface area contributed by atoms with Gasteiger partial charge in [-0.15, -0.1) is 0 Å². The fourth-order valence-corrected chi connectivity index (χ4v) is 4.95. The normalized spacial score (nSPS) is 30.9. The predicted molar refractivity (Wildman–Crippen MR) is 87.5 cm³/mol. The van der Waals surface area contributed by atoms with Crippen LogP contribution in [-0.2, 0) is 12.1 Å². The third-order valence-electron chi connectivity index (χ3n) is 6.50. The van der Waals surface area contributed by atoms with Gasteiger partial charge in [0.25, 0.3) is 0 Å². The zero-order chi connectivity index (χ0) is 17.9. The average molecular weight is 348 g/mol. The molecule has 1 aromatic heterocycles. The Hall–Kier alpha value is -1.86. The maximum absolute atomic E-state index is 14.5.